The Hall–Kier alpha value is -6.76. The fraction of sp³-hybridized carbons (Fsp3) is 0.158. The zero-order valence-corrected chi connectivity index (χ0v) is 27.7. The van der Waals surface area contributed by atoms with Gasteiger partial charge in [-0.15, -0.1) is 0 Å². The van der Waals surface area contributed by atoms with E-state index in [2.05, 4.69) is 0 Å². The molecule has 0 saturated carbocycles. The van der Waals surface area contributed by atoms with Crippen LogP contribution in [0.5, 0.6) is 34.5 Å². The van der Waals surface area contributed by atoms with Gasteiger partial charge in [0.05, 0.1) is 32.0 Å². The summed E-state index contributed by atoms with van der Waals surface area (Å²) < 4.78 is 37.3. The Morgan fingerprint density at radius 2 is 1.24 bits per heavy atom. The minimum Gasteiger partial charge on any atom is -0.497 e. The lowest BCUT2D eigenvalue weighted by molar-refractivity contribution is -0.132. The van der Waals surface area contributed by atoms with Crippen LogP contribution in [0, 0.1) is 6.92 Å². The van der Waals surface area contributed by atoms with E-state index in [9.17, 15) is 24.0 Å². The molecule has 13 heteroatoms. The first-order chi connectivity index (χ1) is 24.6. The predicted octanol–water partition coefficient (Wildman–Crippen LogP) is 5.45. The van der Waals surface area contributed by atoms with Crippen LogP contribution in [-0.4, -0.2) is 45.4 Å². The van der Waals surface area contributed by atoms with Gasteiger partial charge in [-0.1, -0.05) is 24.3 Å². The number of methoxy groups -OCH3 is 2. The molecule has 0 aliphatic rings. The highest BCUT2D eigenvalue weighted by Gasteiger charge is 2.38. The van der Waals surface area contributed by atoms with Crippen molar-refractivity contribution in [3.63, 3.8) is 0 Å². The number of ketones is 1. The van der Waals surface area contributed by atoms with E-state index in [1.165, 1.54) is 56.7 Å². The minimum absolute atomic E-state index is 0.0124. The number of Topliss-reactive ketones (excluding diaryl/α,β-unsaturated/α-hetero) is 1. The summed E-state index contributed by atoms with van der Waals surface area (Å²) in [6, 6.07) is 18.2. The van der Waals surface area contributed by atoms with E-state index in [-0.39, 0.29) is 70.3 Å². The standard InChI is InChI=1S/C38H30O13/c1-21-13-27(45-3)14-30(50-20-41)33(21)38(44)35(29-17-47-31-15-28(46-4)16-32(51-22(2)42)36(31)37(29)43)34(23-5-9-25(10-6-23)48-18-39)24-7-11-26(12-8-24)49-19-40/h5-20,34-35H,1-4H3/t35-/m0/s1. The third-order valence-corrected chi connectivity index (χ3v) is 8.06. The van der Waals surface area contributed by atoms with E-state index in [4.69, 9.17) is 32.8 Å². The number of ether oxygens (including phenoxy) is 6. The van der Waals surface area contributed by atoms with E-state index < -0.39 is 29.0 Å². The molecule has 5 rings (SSSR count). The fourth-order valence-corrected chi connectivity index (χ4v) is 5.90. The number of carbonyl (C=O) groups excluding carboxylic acids is 5. The third-order valence-electron chi connectivity index (χ3n) is 8.06. The van der Waals surface area contributed by atoms with Crippen LogP contribution in [-0.2, 0) is 19.2 Å². The molecule has 0 spiro atoms. The van der Waals surface area contributed by atoms with Crippen LogP contribution < -0.4 is 33.8 Å². The minimum atomic E-state index is -1.42. The molecule has 0 aliphatic carbocycles. The maximum Gasteiger partial charge on any atom is 0.308 e. The van der Waals surface area contributed by atoms with Crippen molar-refractivity contribution in [1.82, 2.24) is 0 Å². The normalized spacial score (nSPS) is 11.3. The van der Waals surface area contributed by atoms with Crippen LogP contribution in [0.4, 0.5) is 0 Å². The molecule has 1 aromatic heterocycles. The van der Waals surface area contributed by atoms with E-state index in [0.717, 1.165) is 13.2 Å². The maximum absolute atomic E-state index is 15.2. The Balaban J connectivity index is 1.88. The molecule has 5 aromatic rings. The first-order valence-electron chi connectivity index (χ1n) is 15.2. The predicted molar refractivity (Wildman–Crippen MR) is 180 cm³/mol. The number of hydrogen-bond donors (Lipinski definition) is 0. The van der Waals surface area contributed by atoms with Crippen molar-refractivity contribution < 1.29 is 56.8 Å². The fourth-order valence-electron chi connectivity index (χ4n) is 5.90. The number of fused-ring (bicyclic) bond motifs is 1. The SMILES string of the molecule is COc1cc(C)c(C(=O)[C@@H](c2coc3cc(OC)cc(OC(C)=O)c3c2=O)C(c2ccc(OC=O)cc2)c2ccc(OC=O)cc2)c(OC=O)c1. The average molecular weight is 695 g/mol. The van der Waals surface area contributed by atoms with Crippen LogP contribution in [0.1, 0.15) is 51.4 Å². The molecule has 1 atom stereocenters. The molecular formula is C38H30O13. The molecule has 0 saturated heterocycles. The van der Waals surface area contributed by atoms with Gasteiger partial charge in [0, 0.05) is 36.6 Å². The second kappa shape index (κ2) is 15.6. The number of aryl methyl sites for hydroxylation is 1. The van der Waals surface area contributed by atoms with E-state index in [0.29, 0.717) is 22.4 Å². The smallest absolute Gasteiger partial charge is 0.308 e. The van der Waals surface area contributed by atoms with Crippen molar-refractivity contribution in [3.05, 3.63) is 117 Å². The first kappa shape index (κ1) is 35.5. The van der Waals surface area contributed by atoms with Gasteiger partial charge in [-0.05, 0) is 53.9 Å². The summed E-state index contributed by atoms with van der Waals surface area (Å²) in [5.74, 6) is -3.12. The summed E-state index contributed by atoms with van der Waals surface area (Å²) in [6.45, 7) is 3.47. The summed E-state index contributed by atoms with van der Waals surface area (Å²) in [5, 5.41) is -0.139. The second-order valence-electron chi connectivity index (χ2n) is 11.0. The Labute approximate surface area is 290 Å². The molecule has 4 aromatic carbocycles. The molecule has 0 N–H and O–H groups in total. The van der Waals surface area contributed by atoms with Gasteiger partial charge in [-0.2, -0.15) is 0 Å². The van der Waals surface area contributed by atoms with Crippen molar-refractivity contribution in [1.29, 1.82) is 0 Å². The molecule has 0 fully saturated rings. The highest BCUT2D eigenvalue weighted by atomic mass is 16.5. The van der Waals surface area contributed by atoms with Gasteiger partial charge in [0.1, 0.15) is 45.5 Å². The van der Waals surface area contributed by atoms with Gasteiger partial charge in [-0.25, -0.2) is 0 Å². The largest absolute Gasteiger partial charge is 0.497 e. The van der Waals surface area contributed by atoms with E-state index >= 15 is 4.79 Å². The van der Waals surface area contributed by atoms with Crippen molar-refractivity contribution in [2.75, 3.05) is 14.2 Å². The number of esters is 1. The monoisotopic (exact) mass is 694 g/mol. The van der Waals surface area contributed by atoms with Gasteiger partial charge >= 0.3 is 5.97 Å². The molecule has 0 bridgehead atoms. The molecule has 1 heterocycles. The number of benzene rings is 4. The van der Waals surface area contributed by atoms with E-state index in [1.54, 1.807) is 37.3 Å². The summed E-state index contributed by atoms with van der Waals surface area (Å²) >= 11 is 0. The highest BCUT2D eigenvalue weighted by Crippen LogP contribution is 2.44. The van der Waals surface area contributed by atoms with Gasteiger partial charge in [-0.3, -0.25) is 28.8 Å². The molecule has 0 radical (unpaired) electrons. The van der Waals surface area contributed by atoms with Gasteiger partial charge in [0.25, 0.3) is 19.4 Å². The summed E-state index contributed by atoms with van der Waals surface area (Å²) in [7, 11) is 2.79. The highest BCUT2D eigenvalue weighted by molar-refractivity contribution is 6.06. The lowest BCUT2D eigenvalue weighted by atomic mass is 9.73. The van der Waals surface area contributed by atoms with Crippen molar-refractivity contribution in [2.45, 2.75) is 25.7 Å². The molecular weight excluding hydrogens is 664 g/mol. The molecule has 51 heavy (non-hydrogen) atoms. The number of rotatable bonds is 15. The zero-order chi connectivity index (χ0) is 36.7. The van der Waals surface area contributed by atoms with Crippen LogP contribution >= 0.6 is 0 Å². The molecule has 13 nitrogen and oxygen atoms in total. The molecule has 0 amide bonds. The second-order valence-corrected chi connectivity index (χ2v) is 11.0. The van der Waals surface area contributed by atoms with Crippen LogP contribution in [0.2, 0.25) is 0 Å². The van der Waals surface area contributed by atoms with Crippen LogP contribution in [0.3, 0.4) is 0 Å². The maximum atomic E-state index is 15.2. The number of carbonyl (C=O) groups is 5. The number of hydrogen-bond acceptors (Lipinski definition) is 13. The van der Waals surface area contributed by atoms with Crippen LogP contribution in [0.25, 0.3) is 11.0 Å². The molecule has 0 unspecified atom stereocenters. The van der Waals surface area contributed by atoms with E-state index in [1.807, 2.05) is 0 Å². The quantitative estimate of drug-likeness (QED) is 0.0587. The van der Waals surface area contributed by atoms with Crippen LogP contribution in [0.15, 0.2) is 88.3 Å². The van der Waals surface area contributed by atoms with Gasteiger partial charge in [0.15, 0.2) is 11.2 Å². The van der Waals surface area contributed by atoms with Gasteiger partial charge in [0.2, 0.25) is 0 Å². The van der Waals surface area contributed by atoms with Crippen molar-refractivity contribution >= 4 is 42.1 Å². The van der Waals surface area contributed by atoms with Crippen molar-refractivity contribution in [2.24, 2.45) is 0 Å². The summed E-state index contributed by atoms with van der Waals surface area (Å²) in [6.07, 6.45) is 1.14. The lowest BCUT2D eigenvalue weighted by Crippen LogP contribution is -2.28. The lowest BCUT2D eigenvalue weighted by Gasteiger charge is -2.28. The zero-order valence-electron chi connectivity index (χ0n) is 27.7. The molecule has 260 valence electrons. The average Bonchev–Trinajstić information content (AvgIpc) is 3.11. The summed E-state index contributed by atoms with van der Waals surface area (Å²) in [5.41, 5.74) is 0.449. The topological polar surface area (TPSA) is 171 Å². The van der Waals surface area contributed by atoms with Gasteiger partial charge < -0.3 is 32.8 Å². The Morgan fingerprint density at radius 1 is 0.706 bits per heavy atom. The third kappa shape index (κ3) is 7.47. The Morgan fingerprint density at radius 3 is 1.75 bits per heavy atom. The Bertz CT molecular complexity index is 2110. The first-order valence-corrected chi connectivity index (χ1v) is 15.2. The summed E-state index contributed by atoms with van der Waals surface area (Å²) in [4.78, 5) is 75.7. The molecule has 0 aliphatic heterocycles. The van der Waals surface area contributed by atoms with Crippen molar-refractivity contribution in [3.8, 4) is 34.5 Å². The Kier molecular flexibility index (Phi) is 10.9.